The Bertz CT molecular complexity index is 902. The van der Waals surface area contributed by atoms with Crippen LogP contribution in [0.2, 0.25) is 5.02 Å². The summed E-state index contributed by atoms with van der Waals surface area (Å²) in [7, 11) is 0. The number of ether oxygens (including phenoxy) is 1. The fourth-order valence-corrected chi connectivity index (χ4v) is 4.57. The molecule has 5 rings (SSSR count). The summed E-state index contributed by atoms with van der Waals surface area (Å²) >= 11 is 6.05. The molecule has 0 aliphatic carbocycles. The number of benzene rings is 1. The number of imide groups is 1. The van der Waals surface area contributed by atoms with Gasteiger partial charge < -0.3 is 4.74 Å². The van der Waals surface area contributed by atoms with Crippen LogP contribution in [0.25, 0.3) is 0 Å². The predicted octanol–water partition coefficient (Wildman–Crippen LogP) is 2.39. The summed E-state index contributed by atoms with van der Waals surface area (Å²) < 4.78 is 20.5. The van der Waals surface area contributed by atoms with Gasteiger partial charge in [0.15, 0.2) is 0 Å². The number of hydrogen-bond donors (Lipinski definition) is 0. The molecule has 2 amide bonds. The molecule has 3 saturated heterocycles. The van der Waals surface area contributed by atoms with Crippen LogP contribution in [-0.4, -0.2) is 33.8 Å². The van der Waals surface area contributed by atoms with Crippen molar-refractivity contribution < 1.29 is 18.7 Å². The van der Waals surface area contributed by atoms with E-state index in [4.69, 9.17) is 16.3 Å². The van der Waals surface area contributed by atoms with Crippen molar-refractivity contribution in [3.05, 3.63) is 47.0 Å². The van der Waals surface area contributed by atoms with Gasteiger partial charge in [-0.05, 0) is 30.5 Å². The van der Waals surface area contributed by atoms with Gasteiger partial charge in [0.05, 0.1) is 42.5 Å². The van der Waals surface area contributed by atoms with Crippen LogP contribution < -0.4 is 4.90 Å². The van der Waals surface area contributed by atoms with E-state index in [-0.39, 0.29) is 35.9 Å². The van der Waals surface area contributed by atoms with E-state index in [2.05, 4.69) is 5.10 Å². The molecule has 26 heavy (non-hydrogen) atoms. The minimum atomic E-state index is -0.406. The Kier molecular flexibility index (Phi) is 3.45. The van der Waals surface area contributed by atoms with Crippen LogP contribution in [-0.2, 0) is 20.9 Å². The Morgan fingerprint density at radius 3 is 2.54 bits per heavy atom. The summed E-state index contributed by atoms with van der Waals surface area (Å²) in [5.41, 5.74) is 1.15. The van der Waals surface area contributed by atoms with E-state index in [1.54, 1.807) is 16.9 Å². The molecule has 0 saturated carbocycles. The second kappa shape index (κ2) is 5.62. The average molecular weight is 376 g/mol. The van der Waals surface area contributed by atoms with Gasteiger partial charge in [-0.15, -0.1) is 0 Å². The number of halogens is 2. The topological polar surface area (TPSA) is 64.4 Å². The molecule has 134 valence electrons. The number of amides is 2. The number of nitrogens with zero attached hydrogens (tertiary/aromatic N) is 3. The zero-order valence-corrected chi connectivity index (χ0v) is 14.4. The Morgan fingerprint density at radius 2 is 1.88 bits per heavy atom. The Hall–Kier alpha value is -2.25. The zero-order chi connectivity index (χ0) is 18.0. The maximum absolute atomic E-state index is 13.2. The lowest BCUT2D eigenvalue weighted by Crippen LogP contribution is -2.34. The van der Waals surface area contributed by atoms with Crippen molar-refractivity contribution in [2.24, 2.45) is 11.8 Å². The quantitative estimate of drug-likeness (QED) is 0.773. The molecule has 4 heterocycles. The van der Waals surface area contributed by atoms with Crippen molar-refractivity contribution in [2.45, 2.75) is 31.6 Å². The second-order valence-corrected chi connectivity index (χ2v) is 7.39. The van der Waals surface area contributed by atoms with Crippen molar-refractivity contribution in [2.75, 3.05) is 4.90 Å². The average Bonchev–Trinajstić information content (AvgIpc) is 3.35. The summed E-state index contributed by atoms with van der Waals surface area (Å²) in [6.07, 6.45) is 4.53. The van der Waals surface area contributed by atoms with Crippen molar-refractivity contribution in [1.82, 2.24) is 9.78 Å². The molecule has 0 N–H and O–H groups in total. The Labute approximate surface area is 153 Å². The molecule has 3 aliphatic rings. The minimum Gasteiger partial charge on any atom is -0.373 e. The van der Waals surface area contributed by atoms with Gasteiger partial charge >= 0.3 is 0 Å². The van der Waals surface area contributed by atoms with Crippen LogP contribution in [0.4, 0.5) is 10.1 Å². The maximum Gasteiger partial charge on any atom is 0.240 e. The van der Waals surface area contributed by atoms with Crippen LogP contribution >= 0.6 is 11.6 Å². The van der Waals surface area contributed by atoms with E-state index in [1.807, 2.05) is 0 Å². The molecule has 0 radical (unpaired) electrons. The van der Waals surface area contributed by atoms with E-state index < -0.39 is 5.82 Å². The summed E-state index contributed by atoms with van der Waals surface area (Å²) in [4.78, 5) is 26.8. The molecule has 1 aromatic carbocycles. The number of rotatable bonds is 3. The molecule has 4 atom stereocenters. The molecule has 6 nitrogen and oxygen atoms in total. The monoisotopic (exact) mass is 375 g/mol. The Morgan fingerprint density at radius 1 is 1.19 bits per heavy atom. The lowest BCUT2D eigenvalue weighted by Gasteiger charge is -2.15. The molecule has 0 unspecified atom stereocenters. The molecule has 1 aromatic heterocycles. The predicted molar refractivity (Wildman–Crippen MR) is 90.1 cm³/mol. The number of aromatic nitrogens is 2. The summed E-state index contributed by atoms with van der Waals surface area (Å²) in [6, 6.07) is 4.16. The van der Waals surface area contributed by atoms with Gasteiger partial charge in [0.25, 0.3) is 0 Å². The van der Waals surface area contributed by atoms with Crippen molar-refractivity contribution in [3.8, 4) is 0 Å². The number of anilines is 1. The summed E-state index contributed by atoms with van der Waals surface area (Å²) in [5.74, 6) is -1.54. The lowest BCUT2D eigenvalue weighted by molar-refractivity contribution is -0.124. The fourth-order valence-electron chi connectivity index (χ4n) is 4.35. The van der Waals surface area contributed by atoms with Gasteiger partial charge in [0.2, 0.25) is 11.8 Å². The molecule has 2 bridgehead atoms. The van der Waals surface area contributed by atoms with Gasteiger partial charge in [0, 0.05) is 11.2 Å². The van der Waals surface area contributed by atoms with Crippen molar-refractivity contribution in [1.29, 1.82) is 0 Å². The molecule has 2 aromatic rings. The van der Waals surface area contributed by atoms with Crippen LogP contribution in [0, 0.1) is 17.7 Å². The van der Waals surface area contributed by atoms with E-state index in [0.717, 1.165) is 12.8 Å². The van der Waals surface area contributed by atoms with Crippen molar-refractivity contribution in [3.63, 3.8) is 0 Å². The highest BCUT2D eigenvalue weighted by Crippen LogP contribution is 2.49. The first kappa shape index (κ1) is 16.0. The molecular formula is C18H15ClFN3O3. The normalized spacial score (nSPS) is 29.7. The molecule has 3 aliphatic heterocycles. The van der Waals surface area contributed by atoms with Crippen LogP contribution in [0.5, 0.6) is 0 Å². The van der Waals surface area contributed by atoms with Gasteiger partial charge in [-0.25, -0.2) is 9.29 Å². The standard InChI is InChI=1S/C18H15ClFN3O3/c19-12-5-10(20)2-1-9(12)7-22-8-11(6-21-22)23-17(24)15-13-3-4-14(26-13)16(15)18(23)25/h1-2,5-6,8,13-16H,3-4,7H2/t13-,14-,15-,16+/m0/s1. The van der Waals surface area contributed by atoms with Crippen molar-refractivity contribution >= 4 is 29.1 Å². The second-order valence-electron chi connectivity index (χ2n) is 6.99. The highest BCUT2D eigenvalue weighted by atomic mass is 35.5. The SMILES string of the molecule is O=C1[C@@H]2[C@H](C(=O)N1c1cnn(Cc3ccc(F)cc3Cl)c1)[C@@H]1CC[C@@H]2O1. The molecular weight excluding hydrogens is 361 g/mol. The zero-order valence-electron chi connectivity index (χ0n) is 13.6. The highest BCUT2D eigenvalue weighted by molar-refractivity contribution is 6.31. The first-order chi connectivity index (χ1) is 12.5. The largest absolute Gasteiger partial charge is 0.373 e. The van der Waals surface area contributed by atoms with Gasteiger partial charge in [-0.2, -0.15) is 5.10 Å². The fraction of sp³-hybridized carbons (Fsp3) is 0.389. The third kappa shape index (κ3) is 2.23. The number of hydrogen-bond acceptors (Lipinski definition) is 4. The molecule has 8 heteroatoms. The van der Waals surface area contributed by atoms with E-state index in [0.29, 0.717) is 22.8 Å². The van der Waals surface area contributed by atoms with E-state index in [1.165, 1.54) is 23.2 Å². The number of fused-ring (bicyclic) bond motifs is 5. The van der Waals surface area contributed by atoms with Gasteiger partial charge in [0.1, 0.15) is 5.82 Å². The number of carbonyl (C=O) groups excluding carboxylic acids is 2. The van der Waals surface area contributed by atoms with Gasteiger partial charge in [-0.1, -0.05) is 17.7 Å². The van der Waals surface area contributed by atoms with Crippen LogP contribution in [0.15, 0.2) is 30.6 Å². The van der Waals surface area contributed by atoms with E-state index in [9.17, 15) is 14.0 Å². The highest BCUT2D eigenvalue weighted by Gasteiger charge is 2.62. The molecule has 3 fully saturated rings. The third-order valence-corrected chi connectivity index (χ3v) is 5.86. The number of carbonyl (C=O) groups is 2. The van der Waals surface area contributed by atoms with Crippen LogP contribution in [0.3, 0.4) is 0 Å². The molecule has 0 spiro atoms. The first-order valence-corrected chi connectivity index (χ1v) is 8.90. The maximum atomic E-state index is 13.2. The summed E-state index contributed by atoms with van der Waals surface area (Å²) in [6.45, 7) is 0.316. The first-order valence-electron chi connectivity index (χ1n) is 8.52. The minimum absolute atomic E-state index is 0.139. The Balaban J connectivity index is 1.40. The van der Waals surface area contributed by atoms with E-state index >= 15 is 0 Å². The van der Waals surface area contributed by atoms with Gasteiger partial charge in [-0.3, -0.25) is 14.3 Å². The third-order valence-electron chi connectivity index (χ3n) is 5.51. The smallest absolute Gasteiger partial charge is 0.240 e. The summed E-state index contributed by atoms with van der Waals surface area (Å²) in [5, 5.41) is 4.53. The lowest BCUT2D eigenvalue weighted by atomic mass is 9.81. The van der Waals surface area contributed by atoms with Crippen LogP contribution in [0.1, 0.15) is 18.4 Å².